The highest BCUT2D eigenvalue weighted by atomic mass is 16.5. The first kappa shape index (κ1) is 16.9. The topological polar surface area (TPSA) is 54.9 Å². The van der Waals surface area contributed by atoms with E-state index in [1.165, 1.54) is 0 Å². The van der Waals surface area contributed by atoms with Crippen molar-refractivity contribution < 1.29 is 14.3 Å². The molecule has 1 aromatic rings. The second-order valence-electron chi connectivity index (χ2n) is 7.68. The molecular formula is C19H27N3O3. The van der Waals surface area contributed by atoms with Crippen LogP contribution in [0, 0.1) is 18.3 Å². The third-order valence-corrected chi connectivity index (χ3v) is 5.79. The highest BCUT2D eigenvalue weighted by Crippen LogP contribution is 2.44. The third-order valence-electron chi connectivity index (χ3n) is 5.79. The maximum Gasteiger partial charge on any atom is 0.223 e. The van der Waals surface area contributed by atoms with Crippen LogP contribution in [0.2, 0.25) is 0 Å². The van der Waals surface area contributed by atoms with E-state index in [0.29, 0.717) is 32.2 Å². The molecule has 3 fully saturated rings. The molecule has 4 rings (SSSR count). The Kier molecular flexibility index (Phi) is 4.75. The molecule has 1 aromatic heterocycles. The normalized spacial score (nSPS) is 29.8. The van der Waals surface area contributed by atoms with Crippen molar-refractivity contribution in [2.45, 2.75) is 19.9 Å². The Morgan fingerprint density at radius 1 is 1.32 bits per heavy atom. The third kappa shape index (κ3) is 3.57. The van der Waals surface area contributed by atoms with E-state index in [4.69, 9.17) is 9.47 Å². The van der Waals surface area contributed by atoms with Crippen molar-refractivity contribution in [2.75, 3.05) is 52.6 Å². The molecule has 0 radical (unpaired) electrons. The first-order chi connectivity index (χ1) is 12.1. The van der Waals surface area contributed by atoms with Gasteiger partial charge in [0.15, 0.2) is 0 Å². The molecule has 0 N–H and O–H groups in total. The van der Waals surface area contributed by atoms with Gasteiger partial charge in [-0.1, -0.05) is 6.07 Å². The highest BCUT2D eigenvalue weighted by Gasteiger charge is 2.51. The van der Waals surface area contributed by atoms with Crippen LogP contribution in [-0.2, 0) is 20.8 Å². The van der Waals surface area contributed by atoms with Crippen molar-refractivity contribution in [1.82, 2.24) is 14.8 Å². The summed E-state index contributed by atoms with van der Waals surface area (Å²) in [4.78, 5) is 21.8. The molecule has 3 aliphatic heterocycles. The lowest BCUT2D eigenvalue weighted by atomic mass is 9.77. The fourth-order valence-electron chi connectivity index (χ4n) is 4.46. The van der Waals surface area contributed by atoms with E-state index in [9.17, 15) is 4.79 Å². The number of pyridine rings is 1. The summed E-state index contributed by atoms with van der Waals surface area (Å²) < 4.78 is 11.1. The van der Waals surface area contributed by atoms with Crippen LogP contribution in [0.5, 0.6) is 0 Å². The molecule has 4 heterocycles. The highest BCUT2D eigenvalue weighted by molar-refractivity contribution is 5.77. The van der Waals surface area contributed by atoms with Crippen LogP contribution in [0.1, 0.15) is 17.8 Å². The molecule has 0 aromatic carbocycles. The zero-order valence-corrected chi connectivity index (χ0v) is 14.9. The summed E-state index contributed by atoms with van der Waals surface area (Å²) in [6.45, 7) is 9.02. The predicted octanol–water partition coefficient (Wildman–Crippen LogP) is 1.09. The summed E-state index contributed by atoms with van der Waals surface area (Å²) in [6.07, 6.45) is 0.593. The van der Waals surface area contributed by atoms with E-state index in [1.54, 1.807) is 0 Å². The van der Waals surface area contributed by atoms with Crippen molar-refractivity contribution in [3.8, 4) is 0 Å². The summed E-state index contributed by atoms with van der Waals surface area (Å²) in [6, 6.07) is 6.18. The molecule has 1 amide bonds. The number of hydrogen-bond acceptors (Lipinski definition) is 5. The van der Waals surface area contributed by atoms with Crippen molar-refractivity contribution >= 4 is 5.91 Å². The lowest BCUT2D eigenvalue weighted by molar-refractivity contribution is -0.138. The smallest absolute Gasteiger partial charge is 0.223 e. The Hall–Kier alpha value is -1.50. The van der Waals surface area contributed by atoms with Gasteiger partial charge in [0.05, 0.1) is 32.1 Å². The lowest BCUT2D eigenvalue weighted by Crippen LogP contribution is -2.44. The maximum atomic E-state index is 12.8. The van der Waals surface area contributed by atoms with E-state index in [1.807, 2.05) is 17.9 Å². The van der Waals surface area contributed by atoms with Gasteiger partial charge in [-0.05, 0) is 19.1 Å². The van der Waals surface area contributed by atoms with Crippen LogP contribution in [0.3, 0.4) is 0 Å². The van der Waals surface area contributed by atoms with Crippen LogP contribution in [-0.4, -0.2) is 73.3 Å². The van der Waals surface area contributed by atoms with Gasteiger partial charge in [-0.3, -0.25) is 14.7 Å². The number of carbonyl (C=O) groups excluding carboxylic acids is 1. The second-order valence-corrected chi connectivity index (χ2v) is 7.68. The van der Waals surface area contributed by atoms with Gasteiger partial charge in [0.1, 0.15) is 0 Å². The summed E-state index contributed by atoms with van der Waals surface area (Å²) in [5.41, 5.74) is 2.13. The maximum absolute atomic E-state index is 12.8. The minimum atomic E-state index is -0.0286. The van der Waals surface area contributed by atoms with Gasteiger partial charge in [-0.15, -0.1) is 0 Å². The summed E-state index contributed by atoms with van der Waals surface area (Å²) in [5.74, 6) is 0.705. The Labute approximate surface area is 149 Å². The second kappa shape index (κ2) is 7.02. The molecule has 0 bridgehead atoms. The minimum Gasteiger partial charge on any atom is -0.380 e. The molecule has 6 heteroatoms. The van der Waals surface area contributed by atoms with Gasteiger partial charge >= 0.3 is 0 Å². The first-order valence-electron chi connectivity index (χ1n) is 9.23. The van der Waals surface area contributed by atoms with Crippen molar-refractivity contribution in [3.05, 3.63) is 29.6 Å². The monoisotopic (exact) mass is 345 g/mol. The molecule has 0 aliphatic carbocycles. The number of aryl methyl sites for hydroxylation is 1. The lowest BCUT2D eigenvalue weighted by Gasteiger charge is -2.32. The molecule has 0 spiro atoms. The minimum absolute atomic E-state index is 0.0286. The number of aromatic nitrogens is 1. The average molecular weight is 345 g/mol. The number of likely N-dealkylation sites (tertiary alicyclic amines) is 1. The van der Waals surface area contributed by atoms with Gasteiger partial charge in [-0.25, -0.2) is 0 Å². The van der Waals surface area contributed by atoms with Gasteiger partial charge in [0, 0.05) is 56.2 Å². The van der Waals surface area contributed by atoms with Crippen LogP contribution in [0.4, 0.5) is 0 Å². The molecule has 2 atom stereocenters. The number of nitrogens with zero attached hydrogens (tertiary/aromatic N) is 3. The number of morpholine rings is 1. The summed E-state index contributed by atoms with van der Waals surface area (Å²) in [7, 11) is 0. The van der Waals surface area contributed by atoms with Crippen LogP contribution in [0.15, 0.2) is 18.2 Å². The molecule has 3 saturated heterocycles. The number of rotatable bonds is 4. The van der Waals surface area contributed by atoms with Crippen molar-refractivity contribution in [1.29, 1.82) is 0 Å². The van der Waals surface area contributed by atoms with Crippen molar-refractivity contribution in [2.24, 2.45) is 11.3 Å². The molecule has 25 heavy (non-hydrogen) atoms. The molecule has 3 aliphatic rings. The fourth-order valence-corrected chi connectivity index (χ4v) is 4.46. The number of carbonyl (C=O) groups is 1. The van der Waals surface area contributed by atoms with E-state index >= 15 is 0 Å². The first-order valence-corrected chi connectivity index (χ1v) is 9.23. The van der Waals surface area contributed by atoms with Crippen LogP contribution in [0.25, 0.3) is 0 Å². The fraction of sp³-hybridized carbons (Fsp3) is 0.684. The van der Waals surface area contributed by atoms with Crippen LogP contribution >= 0.6 is 0 Å². The zero-order valence-electron chi connectivity index (χ0n) is 14.9. The number of hydrogen-bond donors (Lipinski definition) is 0. The van der Waals surface area contributed by atoms with Gasteiger partial charge in [0.25, 0.3) is 0 Å². The Balaban J connectivity index is 1.42. The molecule has 136 valence electrons. The number of fused-ring (bicyclic) bond motifs is 1. The van der Waals surface area contributed by atoms with Gasteiger partial charge < -0.3 is 14.4 Å². The van der Waals surface area contributed by atoms with E-state index < -0.39 is 0 Å². The SMILES string of the molecule is Cc1cccc(CN2C[C@@H]3COC[C@]3(CC(=O)N3CCOCC3)C2)n1. The molecule has 0 unspecified atom stereocenters. The Morgan fingerprint density at radius 3 is 2.96 bits per heavy atom. The summed E-state index contributed by atoms with van der Waals surface area (Å²) >= 11 is 0. The van der Waals surface area contributed by atoms with E-state index in [-0.39, 0.29) is 11.3 Å². The largest absolute Gasteiger partial charge is 0.380 e. The average Bonchev–Trinajstić information content (AvgIpc) is 3.11. The molecular weight excluding hydrogens is 318 g/mol. The zero-order chi connectivity index (χ0) is 17.3. The summed E-state index contributed by atoms with van der Waals surface area (Å²) in [5, 5.41) is 0. The van der Waals surface area contributed by atoms with E-state index in [0.717, 1.165) is 50.7 Å². The predicted molar refractivity (Wildman–Crippen MR) is 93.0 cm³/mol. The number of ether oxygens (including phenoxy) is 2. The van der Waals surface area contributed by atoms with Gasteiger partial charge in [0.2, 0.25) is 5.91 Å². The Morgan fingerprint density at radius 2 is 2.16 bits per heavy atom. The van der Waals surface area contributed by atoms with E-state index in [2.05, 4.69) is 22.0 Å². The molecule has 6 nitrogen and oxygen atoms in total. The Bertz CT molecular complexity index is 632. The quantitative estimate of drug-likeness (QED) is 0.818. The van der Waals surface area contributed by atoms with Crippen LogP contribution < -0.4 is 0 Å². The van der Waals surface area contributed by atoms with Gasteiger partial charge in [-0.2, -0.15) is 0 Å². The standard InChI is InChI=1S/C19H27N3O3/c1-15-3-2-4-17(20-15)11-21-10-16-12-25-14-19(16,13-21)9-18(23)22-5-7-24-8-6-22/h2-4,16H,5-14H2,1H3/t16-,19+/m1/s1. The molecule has 0 saturated carbocycles. The number of amides is 1. The van der Waals surface area contributed by atoms with Crippen molar-refractivity contribution in [3.63, 3.8) is 0 Å².